The molecule has 0 unspecified atom stereocenters. The molecule has 0 radical (unpaired) electrons. The molecule has 1 saturated heterocycles. The highest BCUT2D eigenvalue weighted by molar-refractivity contribution is 7.14. The number of carbonyl (C=O) groups excluding carboxylic acids is 1. The highest BCUT2D eigenvalue weighted by atomic mass is 32.1. The van der Waals surface area contributed by atoms with Crippen LogP contribution in [0.1, 0.15) is 12.6 Å². The standard InChI is InChI=1S/C21H25N5O2S/c1-15(13-26-16(2)7-8-22-26)20(27)23-18-5-3-17(4-6-18)19-14-29-21(24-19)25-9-11-28-12-10-25/h3-8,14-15H,9-13H2,1-2H3,(H,23,27)/t15-/m0/s1. The Morgan fingerprint density at radius 1 is 1.24 bits per heavy atom. The summed E-state index contributed by atoms with van der Waals surface area (Å²) in [6.07, 6.45) is 1.75. The third-order valence-electron chi connectivity index (χ3n) is 5.05. The van der Waals surface area contributed by atoms with Crippen molar-refractivity contribution in [3.8, 4) is 11.3 Å². The maximum Gasteiger partial charge on any atom is 0.229 e. The van der Waals surface area contributed by atoms with E-state index in [2.05, 4.69) is 20.7 Å². The van der Waals surface area contributed by atoms with E-state index in [9.17, 15) is 4.79 Å². The third-order valence-corrected chi connectivity index (χ3v) is 5.95. The van der Waals surface area contributed by atoms with Gasteiger partial charge in [-0.3, -0.25) is 9.48 Å². The maximum absolute atomic E-state index is 12.5. The number of hydrogen-bond donors (Lipinski definition) is 1. The molecule has 152 valence electrons. The Labute approximate surface area is 174 Å². The fraction of sp³-hybridized carbons (Fsp3) is 0.381. The summed E-state index contributed by atoms with van der Waals surface area (Å²) in [5, 5.41) is 10.3. The summed E-state index contributed by atoms with van der Waals surface area (Å²) in [7, 11) is 0. The normalized spacial score (nSPS) is 15.3. The number of benzene rings is 1. The van der Waals surface area contributed by atoms with Gasteiger partial charge in [-0.2, -0.15) is 5.10 Å². The second-order valence-electron chi connectivity index (χ2n) is 7.24. The molecule has 3 heterocycles. The average molecular weight is 412 g/mol. The highest BCUT2D eigenvalue weighted by Crippen LogP contribution is 2.28. The molecule has 7 nitrogen and oxygen atoms in total. The van der Waals surface area contributed by atoms with E-state index in [4.69, 9.17) is 9.72 Å². The number of morpholine rings is 1. The molecule has 1 atom stereocenters. The van der Waals surface area contributed by atoms with Crippen LogP contribution < -0.4 is 10.2 Å². The van der Waals surface area contributed by atoms with Gasteiger partial charge in [0.25, 0.3) is 0 Å². The lowest BCUT2D eigenvalue weighted by Crippen LogP contribution is -2.36. The van der Waals surface area contributed by atoms with Gasteiger partial charge in [0.15, 0.2) is 5.13 Å². The predicted molar refractivity (Wildman–Crippen MR) is 115 cm³/mol. The van der Waals surface area contributed by atoms with Crippen LogP contribution in [0.25, 0.3) is 11.3 Å². The van der Waals surface area contributed by atoms with E-state index < -0.39 is 0 Å². The number of aryl methyl sites for hydroxylation is 1. The topological polar surface area (TPSA) is 72.3 Å². The molecule has 0 aliphatic carbocycles. The minimum atomic E-state index is -0.178. The minimum absolute atomic E-state index is 0.0177. The van der Waals surface area contributed by atoms with Crippen molar-refractivity contribution >= 4 is 28.1 Å². The lowest BCUT2D eigenvalue weighted by Gasteiger charge is -2.26. The van der Waals surface area contributed by atoms with Crippen molar-refractivity contribution in [2.45, 2.75) is 20.4 Å². The Balaban J connectivity index is 1.37. The number of aromatic nitrogens is 3. The fourth-order valence-electron chi connectivity index (χ4n) is 3.22. The van der Waals surface area contributed by atoms with Crippen LogP contribution in [0.2, 0.25) is 0 Å². The minimum Gasteiger partial charge on any atom is -0.378 e. The van der Waals surface area contributed by atoms with Gasteiger partial charge in [-0.1, -0.05) is 19.1 Å². The van der Waals surface area contributed by atoms with Gasteiger partial charge >= 0.3 is 0 Å². The number of amides is 1. The Bertz CT molecular complexity index is 960. The van der Waals surface area contributed by atoms with Gasteiger partial charge in [0, 0.05) is 41.6 Å². The Morgan fingerprint density at radius 3 is 2.69 bits per heavy atom. The molecule has 1 fully saturated rings. The first-order valence-corrected chi connectivity index (χ1v) is 10.7. The summed E-state index contributed by atoms with van der Waals surface area (Å²) in [4.78, 5) is 19.5. The van der Waals surface area contributed by atoms with E-state index >= 15 is 0 Å². The molecule has 2 aromatic heterocycles. The second kappa shape index (κ2) is 8.75. The Morgan fingerprint density at radius 2 is 2.00 bits per heavy atom. The van der Waals surface area contributed by atoms with Gasteiger partial charge in [-0.15, -0.1) is 11.3 Å². The first-order valence-electron chi connectivity index (χ1n) is 9.78. The van der Waals surface area contributed by atoms with Crippen LogP contribution in [0.4, 0.5) is 10.8 Å². The number of anilines is 2. The molecule has 1 N–H and O–H groups in total. The van der Waals surface area contributed by atoms with Gasteiger partial charge < -0.3 is 15.0 Å². The number of nitrogens with one attached hydrogen (secondary N) is 1. The number of thiazole rings is 1. The SMILES string of the molecule is Cc1ccnn1C[C@H](C)C(=O)Nc1ccc(-c2csc(N3CCOCC3)n2)cc1. The molecule has 1 amide bonds. The van der Waals surface area contributed by atoms with Crippen molar-refractivity contribution in [3.63, 3.8) is 0 Å². The van der Waals surface area contributed by atoms with Gasteiger partial charge in [0.2, 0.25) is 5.91 Å². The quantitative estimate of drug-likeness (QED) is 0.673. The van der Waals surface area contributed by atoms with E-state index in [1.54, 1.807) is 17.5 Å². The number of nitrogens with zero attached hydrogens (tertiary/aromatic N) is 4. The molecule has 29 heavy (non-hydrogen) atoms. The number of rotatable bonds is 6. The third kappa shape index (κ3) is 4.65. The summed E-state index contributed by atoms with van der Waals surface area (Å²) in [5.74, 6) is -0.196. The average Bonchev–Trinajstić information content (AvgIpc) is 3.39. The largest absolute Gasteiger partial charge is 0.378 e. The molecule has 1 aliphatic rings. The van der Waals surface area contributed by atoms with Crippen LogP contribution in [0.3, 0.4) is 0 Å². The summed E-state index contributed by atoms with van der Waals surface area (Å²) in [6, 6.07) is 9.78. The predicted octanol–water partition coefficient (Wildman–Crippen LogP) is 3.43. The smallest absolute Gasteiger partial charge is 0.229 e. The monoisotopic (exact) mass is 411 g/mol. The van der Waals surface area contributed by atoms with Crippen LogP contribution in [0.5, 0.6) is 0 Å². The van der Waals surface area contributed by atoms with E-state index in [1.165, 1.54) is 0 Å². The van der Waals surface area contributed by atoms with Crippen molar-refractivity contribution in [2.75, 3.05) is 36.5 Å². The van der Waals surface area contributed by atoms with E-state index in [0.29, 0.717) is 6.54 Å². The molecule has 1 aliphatic heterocycles. The summed E-state index contributed by atoms with van der Waals surface area (Å²) in [6.45, 7) is 7.73. The van der Waals surface area contributed by atoms with Crippen molar-refractivity contribution in [2.24, 2.45) is 5.92 Å². The zero-order valence-corrected chi connectivity index (χ0v) is 17.5. The van der Waals surface area contributed by atoms with Gasteiger partial charge in [-0.05, 0) is 25.1 Å². The molecule has 0 spiro atoms. The molecule has 8 heteroatoms. The fourth-order valence-corrected chi connectivity index (χ4v) is 4.11. The Hall–Kier alpha value is -2.71. The van der Waals surface area contributed by atoms with Crippen LogP contribution in [-0.2, 0) is 16.1 Å². The summed E-state index contributed by atoms with van der Waals surface area (Å²) >= 11 is 1.65. The summed E-state index contributed by atoms with van der Waals surface area (Å²) in [5.41, 5.74) is 3.83. The first-order chi connectivity index (χ1) is 14.1. The van der Waals surface area contributed by atoms with Crippen LogP contribution >= 0.6 is 11.3 Å². The molecule has 4 rings (SSSR count). The van der Waals surface area contributed by atoms with E-state index in [-0.39, 0.29) is 11.8 Å². The van der Waals surface area contributed by atoms with Gasteiger partial charge in [0.1, 0.15) is 0 Å². The lowest BCUT2D eigenvalue weighted by atomic mass is 10.1. The van der Waals surface area contributed by atoms with Crippen LogP contribution in [0.15, 0.2) is 41.9 Å². The molecule has 3 aromatic rings. The second-order valence-corrected chi connectivity index (χ2v) is 8.07. The molecular weight excluding hydrogens is 386 g/mol. The Kier molecular flexibility index (Phi) is 5.92. The van der Waals surface area contributed by atoms with Gasteiger partial charge in [-0.25, -0.2) is 4.98 Å². The number of hydrogen-bond acceptors (Lipinski definition) is 6. The van der Waals surface area contributed by atoms with E-state index in [1.807, 2.05) is 48.9 Å². The lowest BCUT2D eigenvalue weighted by molar-refractivity contribution is -0.119. The van der Waals surface area contributed by atoms with Crippen molar-refractivity contribution < 1.29 is 9.53 Å². The molecular formula is C21H25N5O2S. The van der Waals surface area contributed by atoms with Crippen LogP contribution in [0, 0.1) is 12.8 Å². The zero-order valence-electron chi connectivity index (χ0n) is 16.7. The van der Waals surface area contributed by atoms with Crippen molar-refractivity contribution in [1.82, 2.24) is 14.8 Å². The van der Waals surface area contributed by atoms with Crippen molar-refractivity contribution in [1.29, 1.82) is 0 Å². The molecule has 0 saturated carbocycles. The molecule has 0 bridgehead atoms. The summed E-state index contributed by atoms with van der Waals surface area (Å²) < 4.78 is 7.25. The molecule has 1 aromatic carbocycles. The van der Waals surface area contributed by atoms with Gasteiger partial charge in [0.05, 0.1) is 31.4 Å². The number of carbonyl (C=O) groups is 1. The van der Waals surface area contributed by atoms with Crippen LogP contribution in [-0.4, -0.2) is 47.0 Å². The zero-order chi connectivity index (χ0) is 20.2. The first kappa shape index (κ1) is 19.6. The maximum atomic E-state index is 12.5. The number of ether oxygens (including phenoxy) is 1. The van der Waals surface area contributed by atoms with E-state index in [0.717, 1.165) is 54.1 Å². The van der Waals surface area contributed by atoms with Crippen molar-refractivity contribution in [3.05, 3.63) is 47.6 Å². The highest BCUT2D eigenvalue weighted by Gasteiger charge is 2.17.